The molecule has 1 rings (SSSR count). The van der Waals surface area contributed by atoms with Crippen LogP contribution < -0.4 is 5.32 Å². The summed E-state index contributed by atoms with van der Waals surface area (Å²) in [6, 6.07) is 0.487. The van der Waals surface area contributed by atoms with Crippen LogP contribution >= 0.6 is 0 Å². The second kappa shape index (κ2) is 7.54. The summed E-state index contributed by atoms with van der Waals surface area (Å²) in [5.74, 6) is 0. The normalized spacial score (nSPS) is 12.9. The van der Waals surface area contributed by atoms with Gasteiger partial charge in [-0.2, -0.15) is 5.10 Å². The lowest BCUT2D eigenvalue weighted by Crippen LogP contribution is -2.19. The fraction of sp³-hybridized carbons (Fsp3) is 0.786. The molecule has 0 saturated carbocycles. The summed E-state index contributed by atoms with van der Waals surface area (Å²) in [4.78, 5) is 0. The number of ether oxygens (including phenoxy) is 1. The van der Waals surface area contributed by atoms with Crippen molar-refractivity contribution in [2.45, 2.75) is 53.1 Å². The topological polar surface area (TPSA) is 39.1 Å². The molecule has 104 valence electrons. The number of nitrogens with zero attached hydrogens (tertiary/aromatic N) is 2. The lowest BCUT2D eigenvalue weighted by Gasteiger charge is -2.13. The zero-order valence-corrected chi connectivity index (χ0v) is 12.4. The Labute approximate surface area is 111 Å². The predicted molar refractivity (Wildman–Crippen MR) is 74.9 cm³/mol. The first-order valence-corrected chi connectivity index (χ1v) is 6.86. The van der Waals surface area contributed by atoms with Gasteiger partial charge in [-0.15, -0.1) is 0 Å². The van der Waals surface area contributed by atoms with Gasteiger partial charge in [0.25, 0.3) is 0 Å². The van der Waals surface area contributed by atoms with Crippen LogP contribution in [0.1, 0.15) is 49.7 Å². The molecule has 0 spiro atoms. The summed E-state index contributed by atoms with van der Waals surface area (Å²) in [6.07, 6.45) is 2.37. The number of aryl methyl sites for hydroxylation is 1. The van der Waals surface area contributed by atoms with Gasteiger partial charge >= 0.3 is 0 Å². The van der Waals surface area contributed by atoms with Gasteiger partial charge in [0, 0.05) is 37.5 Å². The van der Waals surface area contributed by atoms with Gasteiger partial charge in [-0.3, -0.25) is 4.68 Å². The molecule has 0 aliphatic rings. The molecule has 1 N–H and O–H groups in total. The van der Waals surface area contributed by atoms with Crippen molar-refractivity contribution >= 4 is 0 Å². The monoisotopic (exact) mass is 253 g/mol. The first-order valence-electron chi connectivity index (χ1n) is 6.86. The van der Waals surface area contributed by atoms with Crippen molar-refractivity contribution in [3.8, 4) is 0 Å². The molecule has 1 aromatic rings. The molecular formula is C14H27N3O. The standard InChI is InChI=1S/C14H27N3O/c1-6-7-11(2)17-13(4)14(12(3)16-17)10-15-8-9-18-5/h11,15H,6-10H2,1-5H3. The average molecular weight is 253 g/mol. The first-order chi connectivity index (χ1) is 8.61. The van der Waals surface area contributed by atoms with E-state index < -0.39 is 0 Å². The van der Waals surface area contributed by atoms with Crippen LogP contribution in [-0.2, 0) is 11.3 Å². The lowest BCUT2D eigenvalue weighted by atomic mass is 10.1. The molecule has 18 heavy (non-hydrogen) atoms. The highest BCUT2D eigenvalue weighted by Crippen LogP contribution is 2.20. The molecule has 1 heterocycles. The van der Waals surface area contributed by atoms with Crippen LogP contribution in [0.25, 0.3) is 0 Å². The summed E-state index contributed by atoms with van der Waals surface area (Å²) in [7, 11) is 1.72. The van der Waals surface area contributed by atoms with E-state index in [9.17, 15) is 0 Å². The van der Waals surface area contributed by atoms with Gasteiger partial charge in [0.1, 0.15) is 0 Å². The van der Waals surface area contributed by atoms with E-state index in [1.54, 1.807) is 7.11 Å². The Bertz CT molecular complexity index is 360. The third-order valence-electron chi connectivity index (χ3n) is 3.38. The molecule has 4 heteroatoms. The maximum atomic E-state index is 5.03. The summed E-state index contributed by atoms with van der Waals surface area (Å²) >= 11 is 0. The van der Waals surface area contributed by atoms with Gasteiger partial charge < -0.3 is 10.1 Å². The summed E-state index contributed by atoms with van der Waals surface area (Å²) in [6.45, 7) is 11.2. The molecule has 0 saturated heterocycles. The zero-order chi connectivity index (χ0) is 13.5. The minimum atomic E-state index is 0.487. The van der Waals surface area contributed by atoms with Crippen molar-refractivity contribution in [3.05, 3.63) is 17.0 Å². The molecule has 0 aliphatic heterocycles. The third kappa shape index (κ3) is 3.82. The van der Waals surface area contributed by atoms with Crippen LogP contribution in [0.2, 0.25) is 0 Å². The molecule has 0 radical (unpaired) electrons. The van der Waals surface area contributed by atoms with E-state index in [1.807, 2.05) is 0 Å². The minimum absolute atomic E-state index is 0.487. The van der Waals surface area contributed by atoms with Gasteiger partial charge in [-0.25, -0.2) is 0 Å². The van der Waals surface area contributed by atoms with Gasteiger partial charge in [0.2, 0.25) is 0 Å². The zero-order valence-electron chi connectivity index (χ0n) is 12.4. The number of hydrogen-bond donors (Lipinski definition) is 1. The lowest BCUT2D eigenvalue weighted by molar-refractivity contribution is 0.199. The van der Waals surface area contributed by atoms with Crippen LogP contribution in [0.15, 0.2) is 0 Å². The summed E-state index contributed by atoms with van der Waals surface area (Å²) < 4.78 is 7.21. The SMILES string of the molecule is CCCC(C)n1nc(C)c(CNCCOC)c1C. The Hall–Kier alpha value is -0.870. The Balaban J connectivity index is 2.68. The van der Waals surface area contributed by atoms with Crippen molar-refractivity contribution in [2.75, 3.05) is 20.3 Å². The highest BCUT2D eigenvalue weighted by Gasteiger charge is 2.14. The highest BCUT2D eigenvalue weighted by molar-refractivity contribution is 5.24. The largest absolute Gasteiger partial charge is 0.383 e. The Kier molecular flexibility index (Phi) is 6.36. The second-order valence-electron chi connectivity index (χ2n) is 4.90. The van der Waals surface area contributed by atoms with Crippen molar-refractivity contribution in [3.63, 3.8) is 0 Å². The fourth-order valence-electron chi connectivity index (χ4n) is 2.31. The molecule has 0 fully saturated rings. The van der Waals surface area contributed by atoms with Gasteiger partial charge in [-0.05, 0) is 27.2 Å². The number of rotatable bonds is 8. The maximum Gasteiger partial charge on any atom is 0.0641 e. The van der Waals surface area contributed by atoms with Crippen molar-refractivity contribution < 1.29 is 4.74 Å². The van der Waals surface area contributed by atoms with E-state index in [0.717, 1.165) is 25.4 Å². The quantitative estimate of drug-likeness (QED) is 0.724. The number of hydrogen-bond acceptors (Lipinski definition) is 3. The van der Waals surface area contributed by atoms with Crippen LogP contribution in [-0.4, -0.2) is 30.0 Å². The third-order valence-corrected chi connectivity index (χ3v) is 3.38. The number of aromatic nitrogens is 2. The number of methoxy groups -OCH3 is 1. The molecule has 0 amide bonds. The van der Waals surface area contributed by atoms with E-state index >= 15 is 0 Å². The first kappa shape index (κ1) is 15.2. The summed E-state index contributed by atoms with van der Waals surface area (Å²) in [5, 5.41) is 8.06. The smallest absolute Gasteiger partial charge is 0.0641 e. The van der Waals surface area contributed by atoms with Crippen LogP contribution in [0.4, 0.5) is 0 Å². The van der Waals surface area contributed by atoms with Gasteiger partial charge in [0.15, 0.2) is 0 Å². The minimum Gasteiger partial charge on any atom is -0.383 e. The van der Waals surface area contributed by atoms with Gasteiger partial charge in [0.05, 0.1) is 12.3 Å². The second-order valence-corrected chi connectivity index (χ2v) is 4.90. The molecule has 0 aromatic carbocycles. The number of nitrogens with one attached hydrogen (secondary N) is 1. The maximum absolute atomic E-state index is 5.03. The van der Waals surface area contributed by atoms with Crippen molar-refractivity contribution in [2.24, 2.45) is 0 Å². The molecule has 0 aliphatic carbocycles. The van der Waals surface area contributed by atoms with E-state index in [0.29, 0.717) is 6.04 Å². The predicted octanol–water partition coefficient (Wildman–Crippen LogP) is 2.60. The van der Waals surface area contributed by atoms with E-state index in [1.165, 1.54) is 24.1 Å². The molecular weight excluding hydrogens is 226 g/mol. The van der Waals surface area contributed by atoms with Crippen molar-refractivity contribution in [1.29, 1.82) is 0 Å². The summed E-state index contributed by atoms with van der Waals surface area (Å²) in [5.41, 5.74) is 3.76. The molecule has 1 aromatic heterocycles. The highest BCUT2D eigenvalue weighted by atomic mass is 16.5. The van der Waals surface area contributed by atoms with Crippen molar-refractivity contribution in [1.82, 2.24) is 15.1 Å². The van der Waals surface area contributed by atoms with Gasteiger partial charge in [-0.1, -0.05) is 13.3 Å². The van der Waals surface area contributed by atoms with E-state index in [-0.39, 0.29) is 0 Å². The van der Waals surface area contributed by atoms with Crippen LogP contribution in [0, 0.1) is 13.8 Å². The Morgan fingerprint density at radius 2 is 2.11 bits per heavy atom. The molecule has 1 unspecified atom stereocenters. The van der Waals surface area contributed by atoms with Crippen LogP contribution in [0.5, 0.6) is 0 Å². The van der Waals surface area contributed by atoms with E-state index in [2.05, 4.69) is 42.8 Å². The average Bonchev–Trinajstić information content (AvgIpc) is 2.62. The Morgan fingerprint density at radius 1 is 1.39 bits per heavy atom. The van der Waals surface area contributed by atoms with E-state index in [4.69, 9.17) is 4.74 Å². The molecule has 4 nitrogen and oxygen atoms in total. The molecule has 0 bridgehead atoms. The Morgan fingerprint density at radius 3 is 2.72 bits per heavy atom. The molecule has 1 atom stereocenters. The fourth-order valence-corrected chi connectivity index (χ4v) is 2.31. The van der Waals surface area contributed by atoms with Crippen LogP contribution in [0.3, 0.4) is 0 Å².